The lowest BCUT2D eigenvalue weighted by Gasteiger charge is -2.16. The Bertz CT molecular complexity index is 391. The molecule has 0 unspecified atom stereocenters. The van der Waals surface area contributed by atoms with E-state index in [1.54, 1.807) is 13.8 Å². The lowest BCUT2D eigenvalue weighted by molar-refractivity contribution is -0.137. The first-order valence-electron chi connectivity index (χ1n) is 4.95. The van der Waals surface area contributed by atoms with Crippen molar-refractivity contribution in [2.75, 3.05) is 0 Å². The molecule has 0 aromatic heterocycles. The van der Waals surface area contributed by atoms with Gasteiger partial charge < -0.3 is 14.8 Å². The second kappa shape index (κ2) is 4.97. The third kappa shape index (κ3) is 3.64. The van der Waals surface area contributed by atoms with Crippen molar-refractivity contribution in [1.82, 2.24) is 0 Å². The number of hydrogen-bond donors (Lipinski definition) is 2. The highest BCUT2D eigenvalue weighted by Gasteiger charge is 2.32. The van der Waals surface area contributed by atoms with Crippen molar-refractivity contribution in [3.05, 3.63) is 23.8 Å². The minimum atomic E-state index is -4.53. The zero-order chi connectivity index (χ0) is 13.2. The maximum Gasteiger partial charge on any atom is 0.492 e. The van der Waals surface area contributed by atoms with Crippen LogP contribution >= 0.6 is 0 Å². The van der Waals surface area contributed by atoms with Gasteiger partial charge >= 0.3 is 13.3 Å². The average molecular weight is 248 g/mol. The molecule has 0 fully saturated rings. The van der Waals surface area contributed by atoms with E-state index in [1.807, 2.05) is 0 Å². The monoisotopic (exact) mass is 248 g/mol. The van der Waals surface area contributed by atoms with Crippen LogP contribution in [-0.2, 0) is 6.18 Å². The highest BCUT2D eigenvalue weighted by Crippen LogP contribution is 2.29. The van der Waals surface area contributed by atoms with Gasteiger partial charge in [0.15, 0.2) is 0 Å². The van der Waals surface area contributed by atoms with Crippen molar-refractivity contribution < 1.29 is 28.0 Å². The van der Waals surface area contributed by atoms with Gasteiger partial charge in [-0.15, -0.1) is 0 Å². The fraction of sp³-hybridized carbons (Fsp3) is 0.400. The van der Waals surface area contributed by atoms with Crippen molar-refractivity contribution in [3.8, 4) is 5.75 Å². The molecular weight excluding hydrogens is 236 g/mol. The van der Waals surface area contributed by atoms with Gasteiger partial charge in [0.25, 0.3) is 0 Å². The Labute approximate surface area is 97.0 Å². The summed E-state index contributed by atoms with van der Waals surface area (Å²) in [6.07, 6.45) is -4.80. The summed E-state index contributed by atoms with van der Waals surface area (Å²) in [4.78, 5) is 0. The molecule has 3 nitrogen and oxygen atoms in total. The summed E-state index contributed by atoms with van der Waals surface area (Å²) in [7, 11) is -2.01. The normalized spacial score (nSPS) is 11.8. The number of benzene rings is 1. The van der Waals surface area contributed by atoms with Gasteiger partial charge in [-0.05, 0) is 32.0 Å². The van der Waals surface area contributed by atoms with Gasteiger partial charge in [-0.25, -0.2) is 0 Å². The van der Waals surface area contributed by atoms with Crippen LogP contribution in [0.15, 0.2) is 18.2 Å². The minimum absolute atomic E-state index is 0.0306. The number of hydrogen-bond acceptors (Lipinski definition) is 3. The van der Waals surface area contributed by atoms with Crippen LogP contribution in [-0.4, -0.2) is 23.3 Å². The Kier molecular flexibility index (Phi) is 4.05. The summed E-state index contributed by atoms with van der Waals surface area (Å²) in [6, 6.07) is 2.59. The van der Waals surface area contributed by atoms with Crippen LogP contribution in [0.5, 0.6) is 5.75 Å². The van der Waals surface area contributed by atoms with Gasteiger partial charge in [-0.3, -0.25) is 0 Å². The van der Waals surface area contributed by atoms with E-state index in [1.165, 1.54) is 0 Å². The summed E-state index contributed by atoms with van der Waals surface area (Å²) in [5.74, 6) is 0.0306. The zero-order valence-electron chi connectivity index (χ0n) is 9.32. The molecule has 1 rings (SSSR count). The molecule has 7 heteroatoms. The second-order valence-corrected chi connectivity index (χ2v) is 3.79. The molecule has 2 N–H and O–H groups in total. The van der Waals surface area contributed by atoms with Gasteiger partial charge in [0, 0.05) is 5.46 Å². The quantitative estimate of drug-likeness (QED) is 0.789. The van der Waals surface area contributed by atoms with Crippen LogP contribution in [0.25, 0.3) is 0 Å². The third-order valence-electron chi connectivity index (χ3n) is 1.98. The van der Waals surface area contributed by atoms with Crippen LogP contribution in [0.4, 0.5) is 13.2 Å². The fourth-order valence-corrected chi connectivity index (χ4v) is 1.29. The van der Waals surface area contributed by atoms with Crippen LogP contribution in [0.2, 0.25) is 0 Å². The van der Waals surface area contributed by atoms with Crippen LogP contribution in [0.3, 0.4) is 0 Å². The summed E-state index contributed by atoms with van der Waals surface area (Å²) in [6.45, 7) is 3.37. The molecule has 17 heavy (non-hydrogen) atoms. The van der Waals surface area contributed by atoms with Crippen molar-refractivity contribution in [1.29, 1.82) is 0 Å². The van der Waals surface area contributed by atoms with E-state index in [4.69, 9.17) is 14.8 Å². The molecule has 0 aliphatic heterocycles. The molecule has 0 heterocycles. The van der Waals surface area contributed by atoms with Crippen LogP contribution in [0.1, 0.15) is 19.4 Å². The molecule has 0 saturated carbocycles. The van der Waals surface area contributed by atoms with E-state index >= 15 is 0 Å². The third-order valence-corrected chi connectivity index (χ3v) is 1.98. The van der Waals surface area contributed by atoms with Gasteiger partial charge in [0.1, 0.15) is 5.75 Å². The molecule has 1 aromatic rings. The molecule has 0 radical (unpaired) electrons. The number of alkyl halides is 3. The molecule has 0 bridgehead atoms. The first kappa shape index (κ1) is 13.9. The molecule has 0 spiro atoms. The van der Waals surface area contributed by atoms with Crippen LogP contribution in [0, 0.1) is 0 Å². The largest absolute Gasteiger partial charge is 0.492 e. The highest BCUT2D eigenvalue weighted by atomic mass is 19.4. The SMILES string of the molecule is CC(C)Oc1ccc(C(F)(F)F)cc1B(O)O. The molecule has 0 saturated heterocycles. The molecule has 0 aliphatic rings. The first-order chi connectivity index (χ1) is 7.71. The lowest BCUT2D eigenvalue weighted by Crippen LogP contribution is -2.33. The smallest absolute Gasteiger partial charge is 0.491 e. The maximum absolute atomic E-state index is 12.4. The van der Waals surface area contributed by atoms with E-state index in [0.717, 1.165) is 12.1 Å². The van der Waals surface area contributed by atoms with Crippen molar-refractivity contribution in [3.63, 3.8) is 0 Å². The molecule has 0 amide bonds. The fourth-order valence-electron chi connectivity index (χ4n) is 1.29. The standard InChI is InChI=1S/C10H12BF3O3/c1-6(2)17-9-4-3-7(10(12,13)14)5-8(9)11(15)16/h3-6,15-16H,1-2H3. The van der Waals surface area contributed by atoms with E-state index in [2.05, 4.69) is 0 Å². The average Bonchev–Trinajstić information content (AvgIpc) is 2.15. The minimum Gasteiger partial charge on any atom is -0.491 e. The predicted molar refractivity (Wildman–Crippen MR) is 57.0 cm³/mol. The summed E-state index contributed by atoms with van der Waals surface area (Å²) < 4.78 is 42.5. The molecule has 94 valence electrons. The van der Waals surface area contributed by atoms with Crippen molar-refractivity contribution >= 4 is 12.6 Å². The predicted octanol–water partition coefficient (Wildman–Crippen LogP) is 1.17. The van der Waals surface area contributed by atoms with Gasteiger partial charge in [0.2, 0.25) is 0 Å². The Morgan fingerprint density at radius 3 is 2.24 bits per heavy atom. The molecule has 0 atom stereocenters. The Morgan fingerprint density at radius 2 is 1.82 bits per heavy atom. The Morgan fingerprint density at radius 1 is 1.24 bits per heavy atom. The van der Waals surface area contributed by atoms with E-state index in [-0.39, 0.29) is 17.3 Å². The molecule has 1 aromatic carbocycles. The summed E-state index contributed by atoms with van der Waals surface area (Å²) >= 11 is 0. The first-order valence-corrected chi connectivity index (χ1v) is 4.95. The van der Waals surface area contributed by atoms with E-state index in [0.29, 0.717) is 6.07 Å². The number of halogens is 3. The van der Waals surface area contributed by atoms with E-state index < -0.39 is 18.9 Å². The highest BCUT2D eigenvalue weighted by molar-refractivity contribution is 6.59. The number of rotatable bonds is 3. The molecule has 0 aliphatic carbocycles. The second-order valence-electron chi connectivity index (χ2n) is 3.79. The van der Waals surface area contributed by atoms with Gasteiger partial charge in [-0.2, -0.15) is 13.2 Å². The maximum atomic E-state index is 12.4. The van der Waals surface area contributed by atoms with Gasteiger partial charge in [-0.1, -0.05) is 0 Å². The van der Waals surface area contributed by atoms with Crippen molar-refractivity contribution in [2.45, 2.75) is 26.1 Å². The summed E-state index contributed by atoms with van der Waals surface area (Å²) in [5.41, 5.74) is -1.25. The van der Waals surface area contributed by atoms with E-state index in [9.17, 15) is 13.2 Å². The zero-order valence-corrected chi connectivity index (χ0v) is 9.32. The van der Waals surface area contributed by atoms with Crippen molar-refractivity contribution in [2.24, 2.45) is 0 Å². The number of ether oxygens (including phenoxy) is 1. The van der Waals surface area contributed by atoms with Crippen LogP contribution < -0.4 is 10.2 Å². The van der Waals surface area contributed by atoms with Gasteiger partial charge in [0.05, 0.1) is 11.7 Å². The lowest BCUT2D eigenvalue weighted by atomic mass is 9.78. The Hall–Kier alpha value is -1.21. The summed E-state index contributed by atoms with van der Waals surface area (Å²) in [5, 5.41) is 18.0. The molecular formula is C10H12BF3O3. The topological polar surface area (TPSA) is 49.7 Å². The Balaban J connectivity index is 3.18.